The molecule has 0 saturated heterocycles. The average Bonchev–Trinajstić information content (AvgIpc) is 3.27. The van der Waals surface area contributed by atoms with Gasteiger partial charge in [-0.05, 0) is 87.0 Å². The summed E-state index contributed by atoms with van der Waals surface area (Å²) >= 11 is 12.3. The topological polar surface area (TPSA) is 45.1 Å². The summed E-state index contributed by atoms with van der Waals surface area (Å²) in [5, 5.41) is 1.47. The number of aliphatic imine (C=N–C) groups is 1. The van der Waals surface area contributed by atoms with Crippen molar-refractivity contribution in [2.45, 2.75) is 75.9 Å². The summed E-state index contributed by atoms with van der Waals surface area (Å²) in [6, 6.07) is 16.4. The molecule has 1 saturated carbocycles. The lowest BCUT2D eigenvalue weighted by atomic mass is 9.72. The Labute approximate surface area is 244 Å². The van der Waals surface area contributed by atoms with E-state index in [1.165, 1.54) is 25.5 Å². The molecule has 1 aliphatic heterocycles. The number of unbranched alkanes of at least 4 members (excludes halogenated alkanes) is 1. The lowest BCUT2D eigenvalue weighted by Gasteiger charge is -2.41. The molecule has 0 aromatic heterocycles. The van der Waals surface area contributed by atoms with E-state index in [0.717, 1.165) is 49.2 Å². The fourth-order valence-electron chi connectivity index (χ4n) is 6.72. The quantitative estimate of drug-likeness (QED) is 0.262. The molecule has 2 aromatic carbocycles. The van der Waals surface area contributed by atoms with Crippen LogP contribution in [-0.4, -0.2) is 61.4 Å². The van der Waals surface area contributed by atoms with Crippen molar-refractivity contribution in [2.24, 2.45) is 16.8 Å². The van der Waals surface area contributed by atoms with Gasteiger partial charge in [0.05, 0.1) is 19.5 Å². The standard InChI is InChI=1S/C32H43Cl2N3O2/c1-5-6-19-37-22-35-32(31(38)39-4,21-24-9-15-27(33)16-10-24)29(37)20-23-7-11-25(12-8-23)30(36(2)3)26-13-17-28(34)18-14-26/h9-10,13-18,22-23,25,29-30H,5-8,11-12,19-21H2,1-4H3. The lowest BCUT2D eigenvalue weighted by Crippen LogP contribution is -2.54. The van der Waals surface area contributed by atoms with Gasteiger partial charge < -0.3 is 14.5 Å². The van der Waals surface area contributed by atoms with E-state index in [4.69, 9.17) is 32.9 Å². The molecular weight excluding hydrogens is 529 g/mol. The van der Waals surface area contributed by atoms with Crippen molar-refractivity contribution in [1.29, 1.82) is 0 Å². The van der Waals surface area contributed by atoms with Crippen LogP contribution in [0.3, 0.4) is 0 Å². The van der Waals surface area contributed by atoms with Crippen molar-refractivity contribution in [3.05, 3.63) is 69.7 Å². The third kappa shape index (κ3) is 6.99. The van der Waals surface area contributed by atoms with Gasteiger partial charge in [0.15, 0.2) is 5.54 Å². The zero-order valence-electron chi connectivity index (χ0n) is 23.8. The van der Waals surface area contributed by atoms with Gasteiger partial charge in [0.1, 0.15) is 0 Å². The van der Waals surface area contributed by atoms with Crippen molar-refractivity contribution < 1.29 is 9.53 Å². The van der Waals surface area contributed by atoms with E-state index in [1.54, 1.807) is 0 Å². The minimum absolute atomic E-state index is 0.0189. The largest absolute Gasteiger partial charge is 0.467 e. The van der Waals surface area contributed by atoms with E-state index >= 15 is 0 Å². The van der Waals surface area contributed by atoms with Gasteiger partial charge in [-0.3, -0.25) is 4.99 Å². The van der Waals surface area contributed by atoms with Crippen LogP contribution in [0.2, 0.25) is 10.0 Å². The number of methoxy groups -OCH3 is 1. The highest BCUT2D eigenvalue weighted by Gasteiger charge is 2.52. The molecule has 0 amide bonds. The van der Waals surface area contributed by atoms with Crippen LogP contribution >= 0.6 is 23.2 Å². The van der Waals surface area contributed by atoms with Crippen molar-refractivity contribution in [3.8, 4) is 0 Å². The minimum atomic E-state index is -0.942. The highest BCUT2D eigenvalue weighted by molar-refractivity contribution is 6.30. The fraction of sp³-hybridized carbons (Fsp3) is 0.562. The number of esters is 1. The van der Waals surface area contributed by atoms with Gasteiger partial charge in [0.2, 0.25) is 0 Å². The fourth-order valence-corrected chi connectivity index (χ4v) is 6.98. The van der Waals surface area contributed by atoms with E-state index in [-0.39, 0.29) is 12.0 Å². The summed E-state index contributed by atoms with van der Waals surface area (Å²) in [5.74, 6) is 0.883. The summed E-state index contributed by atoms with van der Waals surface area (Å²) in [6.45, 7) is 3.10. The van der Waals surface area contributed by atoms with Gasteiger partial charge in [0.25, 0.3) is 0 Å². The monoisotopic (exact) mass is 571 g/mol. The predicted molar refractivity (Wildman–Crippen MR) is 162 cm³/mol. The molecule has 39 heavy (non-hydrogen) atoms. The maximum Gasteiger partial charge on any atom is 0.336 e. The molecule has 0 N–H and O–H groups in total. The van der Waals surface area contributed by atoms with Gasteiger partial charge >= 0.3 is 5.97 Å². The van der Waals surface area contributed by atoms with Crippen LogP contribution in [0, 0.1) is 11.8 Å². The van der Waals surface area contributed by atoms with Gasteiger partial charge in [-0.15, -0.1) is 0 Å². The molecule has 7 heteroatoms. The number of carbonyl (C=O) groups excluding carboxylic acids is 1. The number of halogens is 2. The van der Waals surface area contributed by atoms with Crippen LogP contribution in [0.5, 0.6) is 0 Å². The zero-order chi connectivity index (χ0) is 28.0. The van der Waals surface area contributed by atoms with E-state index in [0.29, 0.717) is 29.3 Å². The van der Waals surface area contributed by atoms with Crippen LogP contribution in [0.1, 0.15) is 69.0 Å². The van der Waals surface area contributed by atoms with E-state index in [2.05, 4.69) is 43.0 Å². The summed E-state index contributed by atoms with van der Waals surface area (Å²) in [5.41, 5.74) is 1.43. The van der Waals surface area contributed by atoms with Crippen molar-refractivity contribution in [2.75, 3.05) is 27.7 Å². The Morgan fingerprint density at radius 1 is 1.05 bits per heavy atom. The molecule has 0 spiro atoms. The van der Waals surface area contributed by atoms with Crippen molar-refractivity contribution >= 4 is 35.5 Å². The Morgan fingerprint density at radius 2 is 1.67 bits per heavy atom. The molecule has 5 nitrogen and oxygen atoms in total. The smallest absolute Gasteiger partial charge is 0.336 e. The van der Waals surface area contributed by atoms with E-state index < -0.39 is 5.54 Å². The molecule has 3 atom stereocenters. The minimum Gasteiger partial charge on any atom is -0.467 e. The Bertz CT molecular complexity index is 1100. The first-order valence-corrected chi connectivity index (χ1v) is 15.1. The highest BCUT2D eigenvalue weighted by atomic mass is 35.5. The third-order valence-electron chi connectivity index (χ3n) is 8.75. The Kier molecular flexibility index (Phi) is 10.4. The van der Waals surface area contributed by atoms with Crippen molar-refractivity contribution in [1.82, 2.24) is 9.80 Å². The number of ether oxygens (including phenoxy) is 1. The van der Waals surface area contributed by atoms with Gasteiger partial charge in [0, 0.05) is 29.1 Å². The predicted octanol–water partition coefficient (Wildman–Crippen LogP) is 7.46. The van der Waals surface area contributed by atoms with Crippen LogP contribution in [0.15, 0.2) is 53.5 Å². The van der Waals surface area contributed by atoms with Gasteiger partial charge in [-0.1, -0.05) is 73.7 Å². The SMILES string of the molecule is CCCCN1C=NC(Cc2ccc(Cl)cc2)(C(=O)OC)C1CC1CCC(C(c2ccc(Cl)cc2)N(C)C)CC1. The maximum absolute atomic E-state index is 13.5. The second kappa shape index (κ2) is 13.5. The zero-order valence-corrected chi connectivity index (χ0v) is 25.3. The first-order valence-electron chi connectivity index (χ1n) is 14.3. The summed E-state index contributed by atoms with van der Waals surface area (Å²) in [4.78, 5) is 23.1. The second-order valence-electron chi connectivity index (χ2n) is 11.5. The van der Waals surface area contributed by atoms with Crippen LogP contribution in [0.4, 0.5) is 0 Å². The van der Waals surface area contributed by atoms with E-state index in [1.807, 2.05) is 42.7 Å². The molecule has 1 fully saturated rings. The third-order valence-corrected chi connectivity index (χ3v) is 9.25. The number of hydrogen-bond acceptors (Lipinski definition) is 5. The summed E-state index contributed by atoms with van der Waals surface area (Å²) in [6.07, 6.45) is 10.2. The Morgan fingerprint density at radius 3 is 2.23 bits per heavy atom. The molecule has 4 rings (SSSR count). The molecular formula is C32H43Cl2N3O2. The van der Waals surface area contributed by atoms with Crippen LogP contribution < -0.4 is 0 Å². The summed E-state index contributed by atoms with van der Waals surface area (Å²) in [7, 11) is 5.83. The van der Waals surface area contributed by atoms with Gasteiger partial charge in [-0.2, -0.15) is 0 Å². The number of rotatable bonds is 11. The first kappa shape index (κ1) is 29.9. The molecule has 0 radical (unpaired) electrons. The lowest BCUT2D eigenvalue weighted by molar-refractivity contribution is -0.148. The van der Waals surface area contributed by atoms with Crippen molar-refractivity contribution in [3.63, 3.8) is 0 Å². The van der Waals surface area contributed by atoms with Crippen LogP contribution in [-0.2, 0) is 16.0 Å². The molecule has 1 aliphatic carbocycles. The number of hydrogen-bond donors (Lipinski definition) is 0. The second-order valence-corrected chi connectivity index (χ2v) is 12.4. The number of carbonyl (C=O) groups is 1. The Balaban J connectivity index is 1.52. The highest BCUT2D eigenvalue weighted by Crippen LogP contribution is 2.43. The average molecular weight is 573 g/mol. The molecule has 2 aliphatic rings. The molecule has 3 unspecified atom stereocenters. The molecule has 212 valence electrons. The Hall–Kier alpha value is -2.08. The molecule has 0 bridgehead atoms. The number of nitrogens with zero attached hydrogens (tertiary/aromatic N) is 3. The van der Waals surface area contributed by atoms with Crippen LogP contribution in [0.25, 0.3) is 0 Å². The first-order chi connectivity index (χ1) is 18.8. The maximum atomic E-state index is 13.5. The van der Waals surface area contributed by atoms with E-state index in [9.17, 15) is 4.79 Å². The molecule has 2 aromatic rings. The van der Waals surface area contributed by atoms with Gasteiger partial charge in [-0.25, -0.2) is 4.79 Å². The normalized spacial score (nSPS) is 25.7. The summed E-state index contributed by atoms with van der Waals surface area (Å²) < 4.78 is 5.42. The number of benzene rings is 2. The molecule has 1 heterocycles.